The fraction of sp³-hybridized carbons (Fsp3) is 0.203. The number of benzene rings is 8. The average Bonchev–Trinajstić information content (AvgIpc) is 3.29. The number of aryl methyl sites for hydroxylation is 1. The highest BCUT2D eigenvalue weighted by molar-refractivity contribution is 6.01. The number of rotatable bonds is 6. The molecule has 0 saturated heterocycles. The second-order valence-electron chi connectivity index (χ2n) is 19.9. The normalized spacial score (nSPS) is 19.5. The fourth-order valence-electron chi connectivity index (χ4n) is 11.5. The molecule has 3 N–H and O–H groups in total. The van der Waals surface area contributed by atoms with Crippen LogP contribution in [0.15, 0.2) is 164 Å². The van der Waals surface area contributed by atoms with E-state index in [1.54, 1.807) is 0 Å². The topological polar surface area (TPSA) is 59.6 Å². The number of allylic oxidation sites excluding steroid dienone is 1. The summed E-state index contributed by atoms with van der Waals surface area (Å²) < 4.78 is 0. The Morgan fingerprint density at radius 1 is 0.516 bits per heavy atom. The van der Waals surface area contributed by atoms with Gasteiger partial charge in [0.2, 0.25) is 0 Å². The van der Waals surface area contributed by atoms with Gasteiger partial charge in [0.15, 0.2) is 0 Å². The molecule has 0 radical (unpaired) electrons. The van der Waals surface area contributed by atoms with Crippen LogP contribution in [0.3, 0.4) is 0 Å². The van der Waals surface area contributed by atoms with Crippen LogP contribution in [0, 0.1) is 12.3 Å². The van der Waals surface area contributed by atoms with Crippen LogP contribution in [0.1, 0.15) is 86.4 Å². The highest BCUT2D eigenvalue weighted by Gasteiger charge is 2.52. The molecular formula is C59H53N5. The second-order valence-corrected chi connectivity index (χ2v) is 19.9. The first-order chi connectivity index (χ1) is 30.8. The van der Waals surface area contributed by atoms with E-state index in [9.17, 15) is 0 Å². The third kappa shape index (κ3) is 5.50. The van der Waals surface area contributed by atoms with Gasteiger partial charge in [0.25, 0.3) is 0 Å². The van der Waals surface area contributed by atoms with Crippen LogP contribution < -0.4 is 20.4 Å². The second kappa shape index (κ2) is 13.5. The third-order valence-corrected chi connectivity index (χ3v) is 15.1. The van der Waals surface area contributed by atoms with E-state index in [0.717, 1.165) is 52.4 Å². The van der Waals surface area contributed by atoms with Crippen molar-refractivity contribution in [3.8, 4) is 0 Å². The monoisotopic (exact) mass is 831 g/mol. The molecule has 64 heavy (non-hydrogen) atoms. The minimum atomic E-state index is -0.880. The lowest BCUT2D eigenvalue weighted by molar-refractivity contribution is 0.553. The molecule has 5 heteroatoms. The molecule has 12 rings (SSSR count). The van der Waals surface area contributed by atoms with Gasteiger partial charge in [-0.2, -0.15) is 0 Å². The predicted molar refractivity (Wildman–Crippen MR) is 269 cm³/mol. The molecule has 2 unspecified atom stereocenters. The summed E-state index contributed by atoms with van der Waals surface area (Å²) in [6.07, 6.45) is 5.82. The number of nitrogens with zero attached hydrogens (tertiary/aromatic N) is 3. The van der Waals surface area contributed by atoms with E-state index in [2.05, 4.69) is 214 Å². The Balaban J connectivity index is 1.14. The van der Waals surface area contributed by atoms with Crippen molar-refractivity contribution in [2.75, 3.05) is 14.7 Å². The maximum Gasteiger partial charge on any atom is 0.0679 e. The van der Waals surface area contributed by atoms with Crippen molar-refractivity contribution in [1.82, 2.24) is 0 Å². The van der Waals surface area contributed by atoms with E-state index < -0.39 is 5.54 Å². The fourth-order valence-corrected chi connectivity index (χ4v) is 11.5. The Bertz CT molecular complexity index is 3310. The first-order valence-electron chi connectivity index (χ1n) is 22.8. The van der Waals surface area contributed by atoms with Crippen molar-refractivity contribution >= 4 is 72.8 Å². The van der Waals surface area contributed by atoms with Crippen molar-refractivity contribution in [3.63, 3.8) is 0 Å². The lowest BCUT2D eigenvalue weighted by Crippen LogP contribution is -2.47. The summed E-state index contributed by atoms with van der Waals surface area (Å²) >= 11 is 0. The van der Waals surface area contributed by atoms with E-state index in [-0.39, 0.29) is 16.9 Å². The van der Waals surface area contributed by atoms with Gasteiger partial charge in [-0.3, -0.25) is 0 Å². The van der Waals surface area contributed by atoms with Crippen LogP contribution in [0.25, 0.3) is 21.5 Å². The summed E-state index contributed by atoms with van der Waals surface area (Å²) in [6, 6.07) is 56.5. The predicted octanol–water partition coefficient (Wildman–Crippen LogP) is 14.9. The number of anilines is 8. The van der Waals surface area contributed by atoms with E-state index in [1.807, 2.05) is 6.08 Å². The van der Waals surface area contributed by atoms with E-state index in [1.165, 1.54) is 66.4 Å². The summed E-state index contributed by atoms with van der Waals surface area (Å²) in [5.74, 6) is 0. The molecule has 314 valence electrons. The maximum absolute atomic E-state index is 8.52. The van der Waals surface area contributed by atoms with Gasteiger partial charge in [0, 0.05) is 56.1 Å². The van der Waals surface area contributed by atoms with Crippen molar-refractivity contribution < 1.29 is 0 Å². The molecule has 4 aliphatic rings. The molecule has 0 fully saturated rings. The largest absolute Gasteiger partial charge is 0.334 e. The standard InChI is InChI=1S/C59H53N5/c1-36-18-24-42(25-19-36)62(44-26-20-37-12-7-9-14-39(37)30-44)46-32-50-55-52(34-46)59(6,61)53-35-47(33-51-56(53)64(55)54-48(57(50,2)3)16-11-17-49(54)58(51,4)5)63(43-28-22-41(60)23-29-43)45-27-21-38-13-8-10-15-40(38)31-45/h7-22,24-28,30-35,43,60H,23,29,61H2,1-6H3. The Morgan fingerprint density at radius 3 is 1.61 bits per heavy atom. The van der Waals surface area contributed by atoms with Gasteiger partial charge in [0.05, 0.1) is 28.6 Å². The summed E-state index contributed by atoms with van der Waals surface area (Å²) in [5, 5.41) is 13.4. The smallest absolute Gasteiger partial charge is 0.0679 e. The Morgan fingerprint density at radius 2 is 1.02 bits per heavy atom. The van der Waals surface area contributed by atoms with Gasteiger partial charge >= 0.3 is 0 Å². The van der Waals surface area contributed by atoms with Gasteiger partial charge in [0.1, 0.15) is 0 Å². The first-order valence-corrected chi connectivity index (χ1v) is 22.8. The molecule has 5 nitrogen and oxygen atoms in total. The minimum Gasteiger partial charge on any atom is -0.334 e. The van der Waals surface area contributed by atoms with E-state index >= 15 is 0 Å². The average molecular weight is 832 g/mol. The summed E-state index contributed by atoms with van der Waals surface area (Å²) in [6.45, 7) is 14.0. The maximum atomic E-state index is 8.52. The third-order valence-electron chi connectivity index (χ3n) is 15.1. The summed E-state index contributed by atoms with van der Waals surface area (Å²) in [5.41, 5.74) is 25.2. The molecule has 1 aliphatic carbocycles. The van der Waals surface area contributed by atoms with Gasteiger partial charge in [-0.05, 0) is 137 Å². The first kappa shape index (κ1) is 38.7. The highest BCUT2D eigenvalue weighted by atomic mass is 15.2. The van der Waals surface area contributed by atoms with Crippen molar-refractivity contribution in [2.45, 2.75) is 76.8 Å². The zero-order chi connectivity index (χ0) is 43.9. The van der Waals surface area contributed by atoms with Crippen LogP contribution in [-0.4, -0.2) is 11.8 Å². The number of hydrogen-bond donors (Lipinski definition) is 2. The molecule has 0 amide bonds. The molecule has 3 aliphatic heterocycles. The van der Waals surface area contributed by atoms with Crippen LogP contribution in [0.4, 0.5) is 45.5 Å². The van der Waals surface area contributed by atoms with Crippen molar-refractivity contribution in [3.05, 3.63) is 203 Å². The summed E-state index contributed by atoms with van der Waals surface area (Å²) in [4.78, 5) is 7.54. The van der Waals surface area contributed by atoms with Gasteiger partial charge in [-0.15, -0.1) is 0 Å². The SMILES string of the molecule is Cc1ccc(N(c2cc3c4c(c2)C(C)(N)c2cc(N(c5ccc6ccccc6c5)C5C=CC(=N)CC5)cc5c2N4c2c(cccc2C5(C)C)C3(C)C)c2ccc3ccccc3c2)cc1. The van der Waals surface area contributed by atoms with Gasteiger partial charge < -0.3 is 25.8 Å². The quantitative estimate of drug-likeness (QED) is 0.175. The minimum absolute atomic E-state index is 0.0602. The molecule has 0 spiro atoms. The molecule has 3 heterocycles. The molecule has 2 atom stereocenters. The van der Waals surface area contributed by atoms with Crippen molar-refractivity contribution in [1.29, 1.82) is 5.41 Å². The van der Waals surface area contributed by atoms with Crippen LogP contribution in [-0.2, 0) is 16.4 Å². The molecular weight excluding hydrogens is 779 g/mol. The van der Waals surface area contributed by atoms with Gasteiger partial charge in [-0.25, -0.2) is 0 Å². The van der Waals surface area contributed by atoms with Crippen molar-refractivity contribution in [2.24, 2.45) is 5.73 Å². The summed E-state index contributed by atoms with van der Waals surface area (Å²) in [7, 11) is 0. The number of nitrogens with two attached hydrogens (primary N) is 1. The number of fused-ring (bicyclic) bond motifs is 2. The molecule has 0 aromatic heterocycles. The van der Waals surface area contributed by atoms with E-state index in [4.69, 9.17) is 11.1 Å². The van der Waals surface area contributed by atoms with Crippen LogP contribution in [0.5, 0.6) is 0 Å². The molecule has 8 aromatic rings. The number of hydrogen-bond acceptors (Lipinski definition) is 5. The Kier molecular flexibility index (Phi) is 8.18. The van der Waals surface area contributed by atoms with Gasteiger partial charge in [-0.1, -0.05) is 130 Å². The molecule has 0 bridgehead atoms. The van der Waals surface area contributed by atoms with Crippen LogP contribution in [0.2, 0.25) is 0 Å². The Hall–Kier alpha value is -6.95. The molecule has 8 aromatic carbocycles. The lowest BCUT2D eigenvalue weighted by Gasteiger charge is -2.55. The molecule has 0 saturated carbocycles. The van der Waals surface area contributed by atoms with Crippen LogP contribution >= 0.6 is 0 Å². The highest BCUT2D eigenvalue weighted by Crippen LogP contribution is 2.66. The Labute approximate surface area is 376 Å². The zero-order valence-corrected chi connectivity index (χ0v) is 37.5. The zero-order valence-electron chi connectivity index (χ0n) is 37.5. The number of nitrogens with one attached hydrogen (secondary N) is 1. The van der Waals surface area contributed by atoms with E-state index in [0.29, 0.717) is 5.71 Å². The lowest BCUT2D eigenvalue weighted by atomic mass is 9.62. The number of para-hydroxylation sites is 1.